The summed E-state index contributed by atoms with van der Waals surface area (Å²) < 4.78 is 14.5. The van der Waals surface area contributed by atoms with Gasteiger partial charge < -0.3 is 4.90 Å². The van der Waals surface area contributed by atoms with Crippen LogP contribution in [0, 0.1) is 22.9 Å². The molecule has 2 bridgehead atoms. The molecular weight excluding hydrogens is 281 g/mol. The van der Waals surface area contributed by atoms with E-state index in [0.29, 0.717) is 5.92 Å². The van der Waals surface area contributed by atoms with Crippen LogP contribution in [0.1, 0.15) is 30.7 Å². The Morgan fingerprint density at radius 1 is 1.19 bits per heavy atom. The molecule has 2 aromatic rings. The maximum Gasteiger partial charge on any atom is 0.177 e. The summed E-state index contributed by atoms with van der Waals surface area (Å²) in [6.45, 7) is 1.18. The van der Waals surface area contributed by atoms with E-state index >= 15 is 0 Å². The van der Waals surface area contributed by atoms with E-state index in [-0.39, 0.29) is 5.13 Å². The molecule has 1 heterocycles. The highest BCUT2D eigenvalue weighted by molar-refractivity contribution is 7.17. The van der Waals surface area contributed by atoms with Gasteiger partial charge in [0, 0.05) is 11.2 Å². The molecule has 0 unspecified atom stereocenters. The zero-order chi connectivity index (χ0) is 14.6. The first kappa shape index (κ1) is 13.7. The van der Waals surface area contributed by atoms with Gasteiger partial charge in [-0.1, -0.05) is 6.07 Å². The van der Waals surface area contributed by atoms with Crippen molar-refractivity contribution in [3.8, 4) is 0 Å². The van der Waals surface area contributed by atoms with E-state index in [1.54, 1.807) is 6.07 Å². The monoisotopic (exact) mass is 303 g/mol. The lowest BCUT2D eigenvalue weighted by atomic mass is 9.75. The van der Waals surface area contributed by atoms with Crippen LogP contribution in [-0.2, 0) is 0 Å². The van der Waals surface area contributed by atoms with Crippen molar-refractivity contribution in [2.75, 3.05) is 20.6 Å². The van der Waals surface area contributed by atoms with Gasteiger partial charge in [-0.15, -0.1) is 11.3 Å². The van der Waals surface area contributed by atoms with E-state index in [2.05, 4.69) is 37.2 Å². The highest BCUT2D eigenvalue weighted by atomic mass is 32.1. The summed E-state index contributed by atoms with van der Waals surface area (Å²) >= 11 is 1.26. The van der Waals surface area contributed by atoms with Crippen LogP contribution in [0.25, 0.3) is 10.1 Å². The molecular formula is C18H22FNS. The van der Waals surface area contributed by atoms with Crippen molar-refractivity contribution < 1.29 is 4.39 Å². The molecule has 0 amide bonds. The van der Waals surface area contributed by atoms with Gasteiger partial charge >= 0.3 is 0 Å². The Hall–Kier alpha value is -0.930. The highest BCUT2D eigenvalue weighted by Gasteiger charge is 2.47. The van der Waals surface area contributed by atoms with E-state index in [4.69, 9.17) is 0 Å². The van der Waals surface area contributed by atoms with Crippen LogP contribution < -0.4 is 0 Å². The van der Waals surface area contributed by atoms with Crippen molar-refractivity contribution in [2.24, 2.45) is 17.8 Å². The normalized spacial score (nSPS) is 31.6. The first-order chi connectivity index (χ1) is 10.1. The average molecular weight is 303 g/mol. The maximum atomic E-state index is 13.4. The molecule has 2 aliphatic rings. The predicted octanol–water partition coefficient (Wildman–Crippen LogP) is 4.73. The van der Waals surface area contributed by atoms with Crippen molar-refractivity contribution in [3.63, 3.8) is 0 Å². The maximum absolute atomic E-state index is 13.4. The Morgan fingerprint density at radius 2 is 2.00 bits per heavy atom. The molecule has 4 rings (SSSR count). The van der Waals surface area contributed by atoms with Gasteiger partial charge in [-0.3, -0.25) is 0 Å². The number of benzene rings is 1. The van der Waals surface area contributed by atoms with Crippen LogP contribution in [0.2, 0.25) is 0 Å². The molecule has 1 aromatic heterocycles. The zero-order valence-electron chi connectivity index (χ0n) is 12.7. The summed E-state index contributed by atoms with van der Waals surface area (Å²) in [5.41, 5.74) is 1.44. The standard InChI is InChI=1S/C18H22FNS/c1-20(2)10-15-11-3-4-12(7-11)18(15)13-5-6-16-14(8-13)9-17(19)21-16/h5-6,8-9,11-12,15,18H,3-4,7,10H2,1-2H3/t11-,12+,15-,18-/m0/s1. The van der Waals surface area contributed by atoms with E-state index in [9.17, 15) is 4.39 Å². The molecule has 2 fully saturated rings. The van der Waals surface area contributed by atoms with E-state index in [1.807, 2.05) is 0 Å². The number of rotatable bonds is 3. The van der Waals surface area contributed by atoms with Gasteiger partial charge in [-0.2, -0.15) is 4.39 Å². The van der Waals surface area contributed by atoms with Crippen molar-refractivity contribution in [2.45, 2.75) is 25.2 Å². The number of fused-ring (bicyclic) bond motifs is 3. The molecule has 0 radical (unpaired) electrons. The number of nitrogens with zero attached hydrogens (tertiary/aromatic N) is 1. The molecule has 1 aromatic carbocycles. The van der Waals surface area contributed by atoms with Crippen molar-refractivity contribution in [1.29, 1.82) is 0 Å². The zero-order valence-corrected chi connectivity index (χ0v) is 13.5. The fraction of sp³-hybridized carbons (Fsp3) is 0.556. The summed E-state index contributed by atoms with van der Waals surface area (Å²) in [6.07, 6.45) is 4.20. The van der Waals surface area contributed by atoms with E-state index < -0.39 is 0 Å². The molecule has 0 aliphatic heterocycles. The molecule has 2 saturated carbocycles. The summed E-state index contributed by atoms with van der Waals surface area (Å²) in [6, 6.07) is 8.32. The van der Waals surface area contributed by atoms with Crippen LogP contribution in [0.5, 0.6) is 0 Å². The number of hydrogen-bond donors (Lipinski definition) is 0. The smallest absolute Gasteiger partial charge is 0.177 e. The lowest BCUT2D eigenvalue weighted by Gasteiger charge is -2.33. The van der Waals surface area contributed by atoms with E-state index in [0.717, 1.165) is 27.8 Å². The second-order valence-corrected chi connectivity index (χ2v) is 8.17. The van der Waals surface area contributed by atoms with Gasteiger partial charge in [-0.25, -0.2) is 0 Å². The fourth-order valence-electron chi connectivity index (χ4n) is 4.85. The Morgan fingerprint density at radius 3 is 2.81 bits per heavy atom. The van der Waals surface area contributed by atoms with E-state index in [1.165, 1.54) is 42.7 Å². The minimum absolute atomic E-state index is 0.0695. The van der Waals surface area contributed by atoms with Crippen LogP contribution in [-0.4, -0.2) is 25.5 Å². The molecule has 0 saturated heterocycles. The van der Waals surface area contributed by atoms with Crippen LogP contribution >= 0.6 is 11.3 Å². The van der Waals surface area contributed by atoms with Gasteiger partial charge in [0.2, 0.25) is 0 Å². The molecule has 2 aliphatic carbocycles. The average Bonchev–Trinajstić information content (AvgIpc) is 3.09. The van der Waals surface area contributed by atoms with Crippen LogP contribution in [0.4, 0.5) is 4.39 Å². The third-order valence-corrected chi connectivity index (χ3v) is 6.46. The molecule has 0 N–H and O–H groups in total. The minimum atomic E-state index is -0.0695. The minimum Gasteiger partial charge on any atom is -0.309 e. The Balaban J connectivity index is 1.71. The predicted molar refractivity (Wildman–Crippen MR) is 87.4 cm³/mol. The fourth-order valence-corrected chi connectivity index (χ4v) is 5.62. The number of hydrogen-bond acceptors (Lipinski definition) is 2. The molecule has 4 atom stereocenters. The summed E-state index contributed by atoms with van der Waals surface area (Å²) in [5.74, 6) is 3.20. The van der Waals surface area contributed by atoms with Gasteiger partial charge in [0.1, 0.15) is 0 Å². The summed E-state index contributed by atoms with van der Waals surface area (Å²) in [4.78, 5) is 2.33. The van der Waals surface area contributed by atoms with Gasteiger partial charge in [0.25, 0.3) is 0 Å². The van der Waals surface area contributed by atoms with Crippen LogP contribution in [0.3, 0.4) is 0 Å². The van der Waals surface area contributed by atoms with Gasteiger partial charge in [0.05, 0.1) is 0 Å². The first-order valence-corrected chi connectivity index (χ1v) is 8.77. The Kier molecular flexibility index (Phi) is 3.31. The van der Waals surface area contributed by atoms with Crippen molar-refractivity contribution >= 4 is 21.4 Å². The van der Waals surface area contributed by atoms with Gasteiger partial charge in [0.15, 0.2) is 5.13 Å². The second kappa shape index (κ2) is 5.06. The highest BCUT2D eigenvalue weighted by Crippen LogP contribution is 2.57. The molecule has 112 valence electrons. The van der Waals surface area contributed by atoms with Gasteiger partial charge in [-0.05, 0) is 86.2 Å². The van der Waals surface area contributed by atoms with Crippen molar-refractivity contribution in [3.05, 3.63) is 35.0 Å². The lowest BCUT2D eigenvalue weighted by molar-refractivity contribution is 0.219. The summed E-state index contributed by atoms with van der Waals surface area (Å²) in [5, 5.41) is 1.02. The first-order valence-electron chi connectivity index (χ1n) is 7.95. The quantitative estimate of drug-likeness (QED) is 0.792. The summed E-state index contributed by atoms with van der Waals surface area (Å²) in [7, 11) is 4.36. The molecule has 1 nitrogen and oxygen atoms in total. The Bertz CT molecular complexity index is 662. The largest absolute Gasteiger partial charge is 0.309 e. The SMILES string of the molecule is CN(C)C[C@H]1[C@H]2CC[C@H](C2)[C@H]1c1ccc2sc(F)cc2c1. The topological polar surface area (TPSA) is 3.24 Å². The lowest BCUT2D eigenvalue weighted by Crippen LogP contribution is -2.30. The number of halogens is 1. The van der Waals surface area contributed by atoms with Crippen LogP contribution in [0.15, 0.2) is 24.3 Å². The third-order valence-electron chi connectivity index (χ3n) is 5.56. The molecule has 21 heavy (non-hydrogen) atoms. The Labute approximate surface area is 129 Å². The van der Waals surface area contributed by atoms with Crippen molar-refractivity contribution in [1.82, 2.24) is 4.90 Å². The molecule has 3 heteroatoms. The third kappa shape index (κ3) is 2.31. The second-order valence-electron chi connectivity index (χ2n) is 7.13. The number of thiophene rings is 1. The molecule has 0 spiro atoms.